The van der Waals surface area contributed by atoms with Gasteiger partial charge in [0.15, 0.2) is 6.10 Å². The number of nitrogens with zero attached hydrogens (tertiary/aromatic N) is 1. The van der Waals surface area contributed by atoms with Crippen LogP contribution in [0.2, 0.25) is 0 Å². The molecule has 1 N–H and O–H groups in total. The van der Waals surface area contributed by atoms with Crippen LogP contribution in [0.5, 0.6) is 5.75 Å². The molecule has 33 heavy (non-hydrogen) atoms. The lowest BCUT2D eigenvalue weighted by Crippen LogP contribution is -2.51. The highest BCUT2D eigenvalue weighted by Crippen LogP contribution is 2.37. The molecule has 3 aromatic carbocycles. The number of carbonyl (C=O) groups excluding carboxylic acids is 1. The number of aryl methyl sites for hydroxylation is 3. The van der Waals surface area contributed by atoms with Gasteiger partial charge in [-0.1, -0.05) is 53.6 Å². The Bertz CT molecular complexity index is 1290. The van der Waals surface area contributed by atoms with E-state index in [4.69, 9.17) is 4.74 Å². The normalized spacial score (nSPS) is 16.5. The molecule has 7 heteroatoms. The Hall–Kier alpha value is -3.32. The van der Waals surface area contributed by atoms with Gasteiger partial charge in [-0.3, -0.25) is 9.10 Å². The molecular formula is C26H28N2O4S. The largest absolute Gasteiger partial charge is 0.476 e. The molecule has 0 saturated carbocycles. The molecule has 172 valence electrons. The average molecular weight is 465 g/mol. The van der Waals surface area contributed by atoms with Gasteiger partial charge in [0.25, 0.3) is 15.9 Å². The Kier molecular flexibility index (Phi) is 6.17. The maximum absolute atomic E-state index is 13.5. The van der Waals surface area contributed by atoms with Crippen molar-refractivity contribution in [3.8, 4) is 5.75 Å². The summed E-state index contributed by atoms with van der Waals surface area (Å²) < 4.78 is 34.2. The Morgan fingerprint density at radius 2 is 1.67 bits per heavy atom. The van der Waals surface area contributed by atoms with E-state index in [1.165, 1.54) is 4.31 Å². The molecule has 1 amide bonds. The maximum Gasteiger partial charge on any atom is 0.264 e. The van der Waals surface area contributed by atoms with Gasteiger partial charge in [0.2, 0.25) is 0 Å². The van der Waals surface area contributed by atoms with Crippen molar-refractivity contribution in [2.45, 2.75) is 44.7 Å². The Balaban J connectivity index is 1.62. The van der Waals surface area contributed by atoms with Crippen molar-refractivity contribution in [2.75, 3.05) is 10.8 Å². The first-order valence-corrected chi connectivity index (χ1v) is 12.3. The molecule has 2 unspecified atom stereocenters. The summed E-state index contributed by atoms with van der Waals surface area (Å²) in [5.41, 5.74) is 4.63. The summed E-state index contributed by atoms with van der Waals surface area (Å²) >= 11 is 0. The molecular weight excluding hydrogens is 436 g/mol. The fourth-order valence-corrected chi connectivity index (χ4v) is 5.58. The first kappa shape index (κ1) is 22.9. The first-order chi connectivity index (χ1) is 15.7. The molecule has 1 aliphatic rings. The zero-order valence-electron chi connectivity index (χ0n) is 19.2. The van der Waals surface area contributed by atoms with E-state index in [1.54, 1.807) is 48.5 Å². The number of rotatable bonds is 5. The van der Waals surface area contributed by atoms with Crippen LogP contribution in [0.25, 0.3) is 0 Å². The number of carbonyl (C=O) groups is 1. The van der Waals surface area contributed by atoms with Gasteiger partial charge in [-0.2, -0.15) is 0 Å². The average Bonchev–Trinajstić information content (AvgIpc) is 2.78. The quantitative estimate of drug-likeness (QED) is 0.606. The van der Waals surface area contributed by atoms with Crippen molar-refractivity contribution >= 4 is 21.6 Å². The van der Waals surface area contributed by atoms with Crippen LogP contribution in [-0.2, 0) is 14.8 Å². The number of sulfonamides is 1. The minimum atomic E-state index is -3.88. The molecule has 0 spiro atoms. The third-order valence-corrected chi connectivity index (χ3v) is 7.68. The predicted molar refractivity (Wildman–Crippen MR) is 129 cm³/mol. The second-order valence-electron chi connectivity index (χ2n) is 8.51. The van der Waals surface area contributed by atoms with E-state index < -0.39 is 16.1 Å². The lowest BCUT2D eigenvalue weighted by atomic mass is 10.00. The summed E-state index contributed by atoms with van der Waals surface area (Å²) in [6.07, 6.45) is -0.978. The molecule has 2 atom stereocenters. The SMILES string of the molecule is Cc1ccc(S(=O)(=O)N2CC(C(=O)NC(C)c3ccc(C)cc3C)Oc3ccccc32)cc1. The summed E-state index contributed by atoms with van der Waals surface area (Å²) in [5, 5.41) is 2.99. The van der Waals surface area contributed by atoms with Crippen LogP contribution in [-0.4, -0.2) is 27.0 Å². The van der Waals surface area contributed by atoms with Gasteiger partial charge in [0.1, 0.15) is 5.75 Å². The molecule has 0 fully saturated rings. The second kappa shape index (κ2) is 8.90. The van der Waals surface area contributed by atoms with Gasteiger partial charge in [-0.05, 0) is 63.1 Å². The van der Waals surface area contributed by atoms with E-state index in [9.17, 15) is 13.2 Å². The Morgan fingerprint density at radius 1 is 1.00 bits per heavy atom. The van der Waals surface area contributed by atoms with Gasteiger partial charge in [0, 0.05) is 0 Å². The highest BCUT2D eigenvalue weighted by molar-refractivity contribution is 7.92. The van der Waals surface area contributed by atoms with E-state index in [0.717, 1.165) is 22.3 Å². The Morgan fingerprint density at radius 3 is 2.36 bits per heavy atom. The number of ether oxygens (including phenoxy) is 1. The molecule has 0 aliphatic carbocycles. The molecule has 0 bridgehead atoms. The van der Waals surface area contributed by atoms with E-state index in [1.807, 2.05) is 39.8 Å². The van der Waals surface area contributed by atoms with E-state index in [0.29, 0.717) is 11.4 Å². The lowest BCUT2D eigenvalue weighted by Gasteiger charge is -2.35. The first-order valence-electron chi connectivity index (χ1n) is 10.9. The van der Waals surface area contributed by atoms with Gasteiger partial charge in [-0.25, -0.2) is 8.42 Å². The van der Waals surface area contributed by atoms with E-state index in [-0.39, 0.29) is 23.4 Å². The van der Waals surface area contributed by atoms with Crippen LogP contribution in [0.3, 0.4) is 0 Å². The molecule has 0 radical (unpaired) electrons. The molecule has 0 aromatic heterocycles. The standard InChI is InChI=1S/C26H28N2O4S/c1-17-9-12-21(13-10-17)33(30,31)28-16-25(32-24-8-6-5-7-23(24)28)26(29)27-20(4)22-14-11-18(2)15-19(22)3/h5-15,20,25H,16H2,1-4H3,(H,27,29). The van der Waals surface area contributed by atoms with Crippen LogP contribution in [0, 0.1) is 20.8 Å². The third-order valence-electron chi connectivity index (χ3n) is 5.89. The summed E-state index contributed by atoms with van der Waals surface area (Å²) in [5.74, 6) is -0.000148. The zero-order chi connectivity index (χ0) is 23.8. The number of anilines is 1. The fourth-order valence-electron chi connectivity index (χ4n) is 4.10. The number of hydrogen-bond acceptors (Lipinski definition) is 4. The lowest BCUT2D eigenvalue weighted by molar-refractivity contribution is -0.128. The van der Waals surface area contributed by atoms with Crippen molar-refractivity contribution in [2.24, 2.45) is 0 Å². The number of para-hydroxylation sites is 2. The second-order valence-corrected chi connectivity index (χ2v) is 10.4. The number of hydrogen-bond donors (Lipinski definition) is 1. The van der Waals surface area contributed by atoms with Crippen LogP contribution in [0.4, 0.5) is 5.69 Å². The minimum absolute atomic E-state index is 0.112. The molecule has 4 rings (SSSR count). The molecule has 1 heterocycles. The maximum atomic E-state index is 13.5. The predicted octanol–water partition coefficient (Wildman–Crippen LogP) is 4.45. The fraction of sp³-hybridized carbons (Fsp3) is 0.269. The summed E-state index contributed by atoms with van der Waals surface area (Å²) in [7, 11) is -3.88. The molecule has 1 aliphatic heterocycles. The van der Waals surface area contributed by atoms with Crippen LogP contribution < -0.4 is 14.4 Å². The highest BCUT2D eigenvalue weighted by atomic mass is 32.2. The molecule has 6 nitrogen and oxygen atoms in total. The van der Waals surface area contributed by atoms with Crippen LogP contribution >= 0.6 is 0 Å². The number of benzene rings is 3. The van der Waals surface area contributed by atoms with Crippen molar-refractivity contribution in [3.05, 3.63) is 89.0 Å². The number of nitrogens with one attached hydrogen (secondary N) is 1. The van der Waals surface area contributed by atoms with Crippen molar-refractivity contribution < 1.29 is 17.9 Å². The van der Waals surface area contributed by atoms with Gasteiger partial charge < -0.3 is 10.1 Å². The van der Waals surface area contributed by atoms with Crippen LogP contribution in [0.15, 0.2) is 71.6 Å². The zero-order valence-corrected chi connectivity index (χ0v) is 20.0. The monoisotopic (exact) mass is 464 g/mol. The Labute approximate surface area is 195 Å². The smallest absolute Gasteiger partial charge is 0.264 e. The van der Waals surface area contributed by atoms with E-state index >= 15 is 0 Å². The highest BCUT2D eigenvalue weighted by Gasteiger charge is 2.37. The van der Waals surface area contributed by atoms with Crippen molar-refractivity contribution in [3.63, 3.8) is 0 Å². The molecule has 3 aromatic rings. The van der Waals surface area contributed by atoms with Gasteiger partial charge in [-0.15, -0.1) is 0 Å². The number of amides is 1. The molecule has 0 saturated heterocycles. The van der Waals surface area contributed by atoms with Crippen LogP contribution in [0.1, 0.15) is 35.2 Å². The third kappa shape index (κ3) is 4.59. The summed E-state index contributed by atoms with van der Waals surface area (Å²) in [4.78, 5) is 13.3. The summed E-state index contributed by atoms with van der Waals surface area (Å²) in [6, 6.07) is 19.4. The topological polar surface area (TPSA) is 75.7 Å². The van der Waals surface area contributed by atoms with E-state index in [2.05, 4.69) is 11.4 Å². The van der Waals surface area contributed by atoms with Crippen molar-refractivity contribution in [1.29, 1.82) is 0 Å². The van der Waals surface area contributed by atoms with Crippen molar-refractivity contribution in [1.82, 2.24) is 5.32 Å². The van der Waals surface area contributed by atoms with Gasteiger partial charge >= 0.3 is 0 Å². The minimum Gasteiger partial charge on any atom is -0.476 e. The summed E-state index contributed by atoms with van der Waals surface area (Å²) in [6.45, 7) is 7.73. The number of fused-ring (bicyclic) bond motifs is 1. The van der Waals surface area contributed by atoms with Gasteiger partial charge in [0.05, 0.1) is 23.2 Å².